The monoisotopic (exact) mass is 387 g/mol. The Hall–Kier alpha value is -0.150. The van der Waals surface area contributed by atoms with E-state index in [0.717, 1.165) is 11.3 Å². The maximum absolute atomic E-state index is 12.2. The van der Waals surface area contributed by atoms with Crippen LogP contribution in [-0.2, 0) is 14.8 Å². The molecule has 0 aliphatic heterocycles. The average molecular weight is 389 g/mol. The third-order valence-corrected chi connectivity index (χ3v) is 7.59. The number of nitrogens with one attached hydrogen (secondary N) is 1. The van der Waals surface area contributed by atoms with Gasteiger partial charge in [0.25, 0.3) is 10.0 Å². The summed E-state index contributed by atoms with van der Waals surface area (Å²) in [4.78, 5) is 11.3. The highest BCUT2D eigenvalue weighted by Gasteiger charge is 2.50. The first-order valence-corrected chi connectivity index (χ1v) is 8.86. The van der Waals surface area contributed by atoms with Crippen molar-refractivity contribution < 1.29 is 18.3 Å². The molecule has 0 radical (unpaired) electrons. The van der Waals surface area contributed by atoms with Gasteiger partial charge in [0.2, 0.25) is 0 Å². The molecule has 0 bridgehead atoms. The van der Waals surface area contributed by atoms with Gasteiger partial charge in [0.05, 0.1) is 8.81 Å². The molecule has 1 aliphatic rings. The van der Waals surface area contributed by atoms with Crippen molar-refractivity contribution >= 4 is 54.9 Å². The van der Waals surface area contributed by atoms with E-state index in [1.165, 1.54) is 13.0 Å². The van der Waals surface area contributed by atoms with Gasteiger partial charge in [-0.2, -0.15) is 4.72 Å². The summed E-state index contributed by atoms with van der Waals surface area (Å²) in [5.41, 5.74) is -1.47. The summed E-state index contributed by atoms with van der Waals surface area (Å²) in [5, 5.41) is 9.54. The largest absolute Gasteiger partial charge is 0.480 e. The van der Waals surface area contributed by atoms with Crippen molar-refractivity contribution in [2.24, 2.45) is 5.92 Å². The Balaban J connectivity index is 2.32. The highest BCUT2D eigenvalue weighted by Crippen LogP contribution is 2.41. The molecule has 0 aromatic carbocycles. The minimum Gasteiger partial charge on any atom is -0.480 e. The van der Waals surface area contributed by atoms with Gasteiger partial charge >= 0.3 is 5.97 Å². The van der Waals surface area contributed by atoms with Crippen LogP contribution in [0.4, 0.5) is 0 Å². The smallest absolute Gasteiger partial charge is 0.324 e. The Kier molecular flexibility index (Phi) is 4.01. The fourth-order valence-electron chi connectivity index (χ4n) is 1.75. The first kappa shape index (κ1) is 15.2. The fourth-order valence-corrected chi connectivity index (χ4v) is 5.57. The van der Waals surface area contributed by atoms with Crippen molar-refractivity contribution in [3.05, 3.63) is 14.9 Å². The third kappa shape index (κ3) is 2.97. The standard InChI is InChI=1S/C10H11BrClNO4S2/c1-10(9(14)15,5-2-3-5)13-19(16,17)7-4-6(12)8(11)18-7/h4-5,13H,2-3H2,1H3,(H,14,15). The van der Waals surface area contributed by atoms with E-state index in [2.05, 4.69) is 20.7 Å². The van der Waals surface area contributed by atoms with Gasteiger partial charge in [-0.3, -0.25) is 4.79 Å². The number of thiophene rings is 1. The van der Waals surface area contributed by atoms with Crippen LogP contribution in [0, 0.1) is 5.92 Å². The molecule has 0 spiro atoms. The fraction of sp³-hybridized carbons (Fsp3) is 0.500. The predicted octanol–water partition coefficient (Wildman–Crippen LogP) is 2.70. The summed E-state index contributed by atoms with van der Waals surface area (Å²) in [6, 6.07) is 1.30. The van der Waals surface area contributed by atoms with Gasteiger partial charge in [0.1, 0.15) is 9.75 Å². The molecular formula is C10H11BrClNO4S2. The van der Waals surface area contributed by atoms with Crippen LogP contribution in [0.25, 0.3) is 0 Å². The molecule has 1 aliphatic carbocycles. The number of carboxylic acids is 1. The summed E-state index contributed by atoms with van der Waals surface area (Å²) < 4.78 is 27.2. The van der Waals surface area contributed by atoms with E-state index >= 15 is 0 Å². The van der Waals surface area contributed by atoms with Crippen LogP contribution in [0.5, 0.6) is 0 Å². The second kappa shape index (κ2) is 5.00. The SMILES string of the molecule is CC(NS(=O)(=O)c1cc(Cl)c(Br)s1)(C(=O)O)C1CC1. The minimum absolute atomic E-state index is 0.00231. The minimum atomic E-state index is -3.90. The lowest BCUT2D eigenvalue weighted by Gasteiger charge is -2.25. The normalized spacial score (nSPS) is 19.1. The number of hydrogen-bond donors (Lipinski definition) is 2. The molecule has 19 heavy (non-hydrogen) atoms. The van der Waals surface area contributed by atoms with Crippen LogP contribution in [0.1, 0.15) is 19.8 Å². The van der Waals surface area contributed by atoms with Crippen LogP contribution in [0.15, 0.2) is 14.1 Å². The van der Waals surface area contributed by atoms with Gasteiger partial charge in [-0.15, -0.1) is 11.3 Å². The molecule has 5 nitrogen and oxygen atoms in total. The molecule has 0 amide bonds. The maximum Gasteiger partial charge on any atom is 0.324 e. The van der Waals surface area contributed by atoms with E-state index < -0.39 is 21.5 Å². The van der Waals surface area contributed by atoms with E-state index in [9.17, 15) is 18.3 Å². The van der Waals surface area contributed by atoms with Crippen LogP contribution in [0.2, 0.25) is 5.02 Å². The molecule has 1 saturated carbocycles. The van der Waals surface area contributed by atoms with Crippen molar-refractivity contribution in [2.45, 2.75) is 29.5 Å². The van der Waals surface area contributed by atoms with Crippen molar-refractivity contribution in [3.8, 4) is 0 Å². The number of carbonyl (C=O) groups is 1. The first-order valence-electron chi connectivity index (χ1n) is 5.39. The van der Waals surface area contributed by atoms with E-state index in [0.29, 0.717) is 16.6 Å². The van der Waals surface area contributed by atoms with Crippen LogP contribution < -0.4 is 4.72 Å². The number of carboxylic acid groups (broad SMARTS) is 1. The Labute approximate surface area is 128 Å². The van der Waals surface area contributed by atoms with Gasteiger partial charge in [-0.1, -0.05) is 11.6 Å². The summed E-state index contributed by atoms with van der Waals surface area (Å²) in [5.74, 6) is -1.33. The second-order valence-electron chi connectivity index (χ2n) is 4.57. The molecule has 2 N–H and O–H groups in total. The van der Waals surface area contributed by atoms with Crippen LogP contribution in [-0.4, -0.2) is 25.0 Å². The zero-order chi connectivity index (χ0) is 14.4. The van der Waals surface area contributed by atoms with Crippen molar-refractivity contribution in [3.63, 3.8) is 0 Å². The van der Waals surface area contributed by atoms with Gasteiger partial charge in [-0.25, -0.2) is 8.42 Å². The Morgan fingerprint density at radius 1 is 1.63 bits per heavy atom. The van der Waals surface area contributed by atoms with E-state index in [4.69, 9.17) is 11.6 Å². The predicted molar refractivity (Wildman–Crippen MR) is 76.1 cm³/mol. The second-order valence-corrected chi connectivity index (χ2v) is 9.26. The van der Waals surface area contributed by atoms with Crippen molar-refractivity contribution in [1.82, 2.24) is 4.72 Å². The summed E-state index contributed by atoms with van der Waals surface area (Å²) >= 11 is 9.88. The van der Waals surface area contributed by atoms with Gasteiger partial charge < -0.3 is 5.11 Å². The van der Waals surface area contributed by atoms with Gasteiger partial charge in [0.15, 0.2) is 0 Å². The molecule has 9 heteroatoms. The summed E-state index contributed by atoms with van der Waals surface area (Å²) in [6.45, 7) is 1.40. The lowest BCUT2D eigenvalue weighted by molar-refractivity contribution is -0.144. The van der Waals surface area contributed by atoms with E-state index in [1.807, 2.05) is 0 Å². The topological polar surface area (TPSA) is 83.5 Å². The number of hydrogen-bond acceptors (Lipinski definition) is 4. The van der Waals surface area contributed by atoms with Gasteiger partial charge in [-0.05, 0) is 47.7 Å². The molecule has 1 heterocycles. The molecule has 1 unspecified atom stereocenters. The molecule has 2 rings (SSSR count). The third-order valence-electron chi connectivity index (χ3n) is 3.07. The maximum atomic E-state index is 12.2. The Bertz CT molecular complexity index is 606. The molecular weight excluding hydrogens is 378 g/mol. The number of aliphatic carboxylic acids is 1. The summed E-state index contributed by atoms with van der Waals surface area (Å²) in [7, 11) is -3.90. The highest BCUT2D eigenvalue weighted by molar-refractivity contribution is 9.11. The lowest BCUT2D eigenvalue weighted by atomic mass is 9.98. The van der Waals surface area contributed by atoms with Crippen LogP contribution >= 0.6 is 38.9 Å². The lowest BCUT2D eigenvalue weighted by Crippen LogP contribution is -2.53. The molecule has 1 aromatic rings. The highest BCUT2D eigenvalue weighted by atomic mass is 79.9. The van der Waals surface area contributed by atoms with Crippen LogP contribution in [0.3, 0.4) is 0 Å². The molecule has 0 saturated heterocycles. The Morgan fingerprint density at radius 2 is 2.21 bits per heavy atom. The molecule has 1 fully saturated rings. The van der Waals surface area contributed by atoms with Crippen molar-refractivity contribution in [2.75, 3.05) is 0 Å². The first-order chi connectivity index (χ1) is 8.67. The number of sulfonamides is 1. The molecule has 1 atom stereocenters. The Morgan fingerprint density at radius 3 is 2.58 bits per heavy atom. The molecule has 1 aromatic heterocycles. The van der Waals surface area contributed by atoms with Gasteiger partial charge in [0, 0.05) is 0 Å². The number of rotatable bonds is 5. The quantitative estimate of drug-likeness (QED) is 0.812. The summed E-state index contributed by atoms with van der Waals surface area (Å²) in [6.07, 6.45) is 1.42. The zero-order valence-corrected chi connectivity index (χ0v) is 13.8. The average Bonchev–Trinajstić information content (AvgIpc) is 3.06. The van der Waals surface area contributed by atoms with E-state index in [-0.39, 0.29) is 15.1 Å². The van der Waals surface area contributed by atoms with E-state index in [1.54, 1.807) is 0 Å². The number of halogens is 2. The zero-order valence-electron chi connectivity index (χ0n) is 9.81. The van der Waals surface area contributed by atoms with Crippen molar-refractivity contribution in [1.29, 1.82) is 0 Å². The molecule has 106 valence electrons.